The Balaban J connectivity index is 1.58. The Morgan fingerprint density at radius 2 is 2.11 bits per heavy atom. The molecule has 6 nitrogen and oxygen atoms in total. The van der Waals surface area contributed by atoms with Gasteiger partial charge in [0.1, 0.15) is 0 Å². The molecule has 1 saturated heterocycles. The van der Waals surface area contributed by atoms with Crippen molar-refractivity contribution in [3.05, 3.63) is 52.2 Å². The number of carbonyl (C=O) groups is 2. The van der Waals surface area contributed by atoms with E-state index in [1.807, 2.05) is 11.4 Å². The first-order valence-electron chi connectivity index (χ1n) is 8.98. The standard InChI is InChI=1S/C20H24N2O4S/c1-25-20(24)15-6-8-16(9-7-15)21-19(23)14-22(12-17-4-2-10-26-17)13-18-5-3-11-27-18/h3,5-9,11,17H,2,4,10,12-14H2,1H3,(H,21,23)/t17-/m1/s1. The maximum absolute atomic E-state index is 12.5. The normalized spacial score (nSPS) is 16.4. The molecule has 0 saturated carbocycles. The van der Waals surface area contributed by atoms with E-state index in [1.54, 1.807) is 35.6 Å². The summed E-state index contributed by atoms with van der Waals surface area (Å²) in [6.07, 6.45) is 2.31. The van der Waals surface area contributed by atoms with E-state index in [9.17, 15) is 9.59 Å². The van der Waals surface area contributed by atoms with Crippen LogP contribution in [0.4, 0.5) is 5.69 Å². The zero-order valence-electron chi connectivity index (χ0n) is 15.3. The van der Waals surface area contributed by atoms with Crippen molar-refractivity contribution in [2.24, 2.45) is 0 Å². The highest BCUT2D eigenvalue weighted by Gasteiger charge is 2.21. The van der Waals surface area contributed by atoms with Crippen LogP contribution in [0.25, 0.3) is 0 Å². The average Bonchev–Trinajstić information content (AvgIpc) is 3.36. The molecule has 0 unspecified atom stereocenters. The van der Waals surface area contributed by atoms with Crippen molar-refractivity contribution in [1.82, 2.24) is 4.90 Å². The van der Waals surface area contributed by atoms with Gasteiger partial charge in [0.15, 0.2) is 0 Å². The van der Waals surface area contributed by atoms with Crippen LogP contribution in [0.5, 0.6) is 0 Å². The lowest BCUT2D eigenvalue weighted by molar-refractivity contribution is -0.117. The Morgan fingerprint density at radius 1 is 1.30 bits per heavy atom. The fourth-order valence-electron chi connectivity index (χ4n) is 3.10. The molecule has 144 valence electrons. The van der Waals surface area contributed by atoms with Crippen LogP contribution < -0.4 is 5.32 Å². The van der Waals surface area contributed by atoms with E-state index in [2.05, 4.69) is 21.0 Å². The van der Waals surface area contributed by atoms with Gasteiger partial charge in [0.2, 0.25) is 5.91 Å². The van der Waals surface area contributed by atoms with Crippen LogP contribution in [0.15, 0.2) is 41.8 Å². The summed E-state index contributed by atoms with van der Waals surface area (Å²) in [5.41, 5.74) is 1.11. The fraction of sp³-hybridized carbons (Fsp3) is 0.400. The van der Waals surface area contributed by atoms with Crippen LogP contribution in [-0.2, 0) is 20.8 Å². The van der Waals surface area contributed by atoms with E-state index in [1.165, 1.54) is 12.0 Å². The molecule has 0 bridgehead atoms. The van der Waals surface area contributed by atoms with Crippen LogP contribution >= 0.6 is 11.3 Å². The number of nitrogens with one attached hydrogen (secondary N) is 1. The molecule has 1 fully saturated rings. The number of esters is 1. The summed E-state index contributed by atoms with van der Waals surface area (Å²) in [5.74, 6) is -0.484. The Kier molecular flexibility index (Phi) is 6.98. The maximum atomic E-state index is 12.5. The molecule has 1 aliphatic rings. The van der Waals surface area contributed by atoms with E-state index < -0.39 is 5.97 Å². The number of hydrogen-bond acceptors (Lipinski definition) is 6. The van der Waals surface area contributed by atoms with Crippen molar-refractivity contribution in [2.45, 2.75) is 25.5 Å². The Morgan fingerprint density at radius 3 is 2.74 bits per heavy atom. The van der Waals surface area contributed by atoms with E-state index in [0.29, 0.717) is 11.3 Å². The van der Waals surface area contributed by atoms with Gasteiger partial charge in [0.05, 0.1) is 25.3 Å². The van der Waals surface area contributed by atoms with Gasteiger partial charge in [-0.05, 0) is 48.6 Å². The SMILES string of the molecule is COC(=O)c1ccc(NC(=O)CN(Cc2cccs2)C[C@H]2CCCO2)cc1. The van der Waals surface area contributed by atoms with Gasteiger partial charge < -0.3 is 14.8 Å². The number of thiophene rings is 1. The minimum absolute atomic E-state index is 0.0876. The lowest BCUT2D eigenvalue weighted by atomic mass is 10.2. The molecule has 0 radical (unpaired) electrons. The lowest BCUT2D eigenvalue weighted by Crippen LogP contribution is -2.37. The summed E-state index contributed by atoms with van der Waals surface area (Å²) < 4.78 is 10.4. The molecule has 2 heterocycles. The summed E-state index contributed by atoms with van der Waals surface area (Å²) in [5, 5.41) is 4.94. The van der Waals surface area contributed by atoms with E-state index in [4.69, 9.17) is 4.74 Å². The number of anilines is 1. The van der Waals surface area contributed by atoms with Crippen LogP contribution in [0.2, 0.25) is 0 Å². The van der Waals surface area contributed by atoms with Crippen molar-refractivity contribution >= 4 is 28.9 Å². The second-order valence-electron chi connectivity index (χ2n) is 6.50. The molecule has 2 aromatic rings. The van der Waals surface area contributed by atoms with Crippen LogP contribution in [0.1, 0.15) is 28.1 Å². The molecule has 1 aromatic carbocycles. The molecule has 27 heavy (non-hydrogen) atoms. The number of ether oxygens (including phenoxy) is 2. The van der Waals surface area contributed by atoms with Gasteiger partial charge in [-0.25, -0.2) is 4.79 Å². The fourth-order valence-corrected chi connectivity index (χ4v) is 3.84. The zero-order chi connectivity index (χ0) is 19.1. The van der Waals surface area contributed by atoms with Crippen molar-refractivity contribution in [1.29, 1.82) is 0 Å². The number of benzene rings is 1. The maximum Gasteiger partial charge on any atom is 0.337 e. The number of nitrogens with zero attached hydrogens (tertiary/aromatic N) is 1. The average molecular weight is 388 g/mol. The lowest BCUT2D eigenvalue weighted by Gasteiger charge is -2.24. The number of hydrogen-bond donors (Lipinski definition) is 1. The second kappa shape index (κ2) is 9.64. The largest absolute Gasteiger partial charge is 0.465 e. The minimum atomic E-state index is -0.397. The third kappa shape index (κ3) is 5.89. The first kappa shape index (κ1) is 19.5. The number of amides is 1. The van der Waals surface area contributed by atoms with E-state index in [0.717, 1.165) is 32.5 Å². The highest BCUT2D eigenvalue weighted by Crippen LogP contribution is 2.17. The number of carbonyl (C=O) groups excluding carboxylic acids is 2. The molecule has 1 amide bonds. The summed E-state index contributed by atoms with van der Waals surface area (Å²) in [7, 11) is 1.34. The monoisotopic (exact) mass is 388 g/mol. The van der Waals surface area contributed by atoms with Crippen molar-refractivity contribution in [3.63, 3.8) is 0 Å². The topological polar surface area (TPSA) is 67.9 Å². The molecular weight excluding hydrogens is 364 g/mol. The highest BCUT2D eigenvalue weighted by atomic mass is 32.1. The Hall–Kier alpha value is -2.22. The quantitative estimate of drug-likeness (QED) is 0.704. The van der Waals surface area contributed by atoms with Gasteiger partial charge in [-0.15, -0.1) is 11.3 Å². The molecule has 1 aromatic heterocycles. The van der Waals surface area contributed by atoms with Crippen LogP contribution in [0.3, 0.4) is 0 Å². The van der Waals surface area contributed by atoms with Crippen molar-refractivity contribution in [2.75, 3.05) is 32.1 Å². The van der Waals surface area contributed by atoms with E-state index in [-0.39, 0.29) is 18.6 Å². The van der Waals surface area contributed by atoms with Crippen molar-refractivity contribution < 1.29 is 19.1 Å². The molecular formula is C20H24N2O4S. The van der Waals surface area contributed by atoms with Gasteiger partial charge in [-0.3, -0.25) is 9.69 Å². The van der Waals surface area contributed by atoms with Crippen LogP contribution in [-0.4, -0.2) is 49.7 Å². The molecule has 0 aliphatic carbocycles. The minimum Gasteiger partial charge on any atom is -0.465 e. The highest BCUT2D eigenvalue weighted by molar-refractivity contribution is 7.09. The third-order valence-corrected chi connectivity index (χ3v) is 5.26. The summed E-state index contributed by atoms with van der Waals surface area (Å²) in [6, 6.07) is 10.8. The van der Waals surface area contributed by atoms with Crippen molar-refractivity contribution in [3.8, 4) is 0 Å². The van der Waals surface area contributed by atoms with E-state index >= 15 is 0 Å². The summed E-state index contributed by atoms with van der Waals surface area (Å²) in [6.45, 7) is 2.56. The predicted octanol–water partition coefficient (Wildman–Crippen LogP) is 3.15. The van der Waals surface area contributed by atoms with Crippen LogP contribution in [0, 0.1) is 0 Å². The number of methoxy groups -OCH3 is 1. The molecule has 7 heteroatoms. The summed E-state index contributed by atoms with van der Waals surface area (Å²) >= 11 is 1.69. The third-order valence-electron chi connectivity index (χ3n) is 4.40. The Bertz CT molecular complexity index is 740. The van der Waals surface area contributed by atoms with Gasteiger partial charge in [-0.1, -0.05) is 6.07 Å². The predicted molar refractivity (Wildman–Crippen MR) is 105 cm³/mol. The molecule has 1 aliphatic heterocycles. The first-order chi connectivity index (χ1) is 13.1. The molecule has 1 atom stereocenters. The summed E-state index contributed by atoms with van der Waals surface area (Å²) in [4.78, 5) is 27.3. The van der Waals surface area contributed by atoms with Gasteiger partial charge >= 0.3 is 5.97 Å². The number of rotatable bonds is 8. The van der Waals surface area contributed by atoms with Gasteiger partial charge in [0.25, 0.3) is 0 Å². The molecule has 3 rings (SSSR count). The second-order valence-corrected chi connectivity index (χ2v) is 7.53. The smallest absolute Gasteiger partial charge is 0.337 e. The first-order valence-corrected chi connectivity index (χ1v) is 9.86. The molecule has 1 N–H and O–H groups in total. The van der Waals surface area contributed by atoms with Gasteiger partial charge in [-0.2, -0.15) is 0 Å². The Labute approximate surface area is 163 Å². The zero-order valence-corrected chi connectivity index (χ0v) is 16.2. The molecule has 0 spiro atoms. The van der Waals surface area contributed by atoms with Gasteiger partial charge in [0, 0.05) is 30.3 Å².